The summed E-state index contributed by atoms with van der Waals surface area (Å²) >= 11 is 0. The molecule has 0 aliphatic rings. The van der Waals surface area contributed by atoms with E-state index in [2.05, 4.69) is 4.74 Å². The molecule has 0 fully saturated rings. The van der Waals surface area contributed by atoms with Crippen molar-refractivity contribution >= 4 is 5.97 Å². The van der Waals surface area contributed by atoms with E-state index < -0.39 is 18.6 Å². The summed E-state index contributed by atoms with van der Waals surface area (Å²) in [6.45, 7) is 1.04. The minimum absolute atomic E-state index is 0.00550. The van der Waals surface area contributed by atoms with Crippen molar-refractivity contribution in [3.05, 3.63) is 23.8 Å². The molecule has 0 aromatic heterocycles. The average Bonchev–Trinajstić information content (AvgIpc) is 2.40. The molecule has 7 heteroatoms. The highest BCUT2D eigenvalue weighted by molar-refractivity contribution is 5.70. The molecule has 1 rings (SSSR count). The largest absolute Gasteiger partial charge is 0.490 e. The highest BCUT2D eigenvalue weighted by Gasteiger charge is 2.17. The van der Waals surface area contributed by atoms with Gasteiger partial charge in [-0.25, -0.2) is 0 Å². The van der Waals surface area contributed by atoms with E-state index in [1.807, 2.05) is 0 Å². The van der Waals surface area contributed by atoms with Crippen molar-refractivity contribution < 1.29 is 27.8 Å². The van der Waals surface area contributed by atoms with Crippen molar-refractivity contribution in [2.75, 3.05) is 13.2 Å². The topological polar surface area (TPSA) is 70.8 Å². The molecular formula is C14H19F2NO4. The second-order valence-corrected chi connectivity index (χ2v) is 4.13. The molecule has 21 heavy (non-hydrogen) atoms. The van der Waals surface area contributed by atoms with Gasteiger partial charge in [0, 0.05) is 6.04 Å². The molecule has 2 N–H and O–H groups in total. The zero-order valence-electron chi connectivity index (χ0n) is 12.0. The van der Waals surface area contributed by atoms with Crippen molar-refractivity contribution in [1.29, 1.82) is 0 Å². The van der Waals surface area contributed by atoms with Gasteiger partial charge in [0.15, 0.2) is 11.5 Å². The van der Waals surface area contributed by atoms with Gasteiger partial charge in [-0.15, -0.1) is 0 Å². The quantitative estimate of drug-likeness (QED) is 0.748. The maximum absolute atomic E-state index is 12.3. The summed E-state index contributed by atoms with van der Waals surface area (Å²) in [5, 5.41) is 0. The highest BCUT2D eigenvalue weighted by Crippen LogP contribution is 2.32. The molecule has 5 nitrogen and oxygen atoms in total. The van der Waals surface area contributed by atoms with E-state index in [1.54, 1.807) is 13.8 Å². The fourth-order valence-electron chi connectivity index (χ4n) is 1.73. The molecule has 0 aliphatic heterocycles. The SMILES string of the molecule is CCOC(=O)C[C@@H](N)c1ccc(OC(F)F)c(OCC)c1. The number of benzene rings is 1. The molecule has 0 radical (unpaired) electrons. The summed E-state index contributed by atoms with van der Waals surface area (Å²) in [7, 11) is 0. The number of halogens is 2. The van der Waals surface area contributed by atoms with Crippen LogP contribution in [0.25, 0.3) is 0 Å². The van der Waals surface area contributed by atoms with Crippen LogP contribution < -0.4 is 15.2 Å². The van der Waals surface area contributed by atoms with Crippen LogP contribution in [0.4, 0.5) is 8.78 Å². The smallest absolute Gasteiger partial charge is 0.387 e. The van der Waals surface area contributed by atoms with Gasteiger partial charge in [0.1, 0.15) is 0 Å². The molecule has 0 heterocycles. The van der Waals surface area contributed by atoms with Crippen molar-refractivity contribution in [3.63, 3.8) is 0 Å². The van der Waals surface area contributed by atoms with Crippen molar-refractivity contribution in [1.82, 2.24) is 0 Å². The second-order valence-electron chi connectivity index (χ2n) is 4.13. The second kappa shape index (κ2) is 8.41. The number of carbonyl (C=O) groups excluding carboxylic acids is 1. The Labute approximate surface area is 122 Å². The maximum Gasteiger partial charge on any atom is 0.387 e. The molecule has 0 saturated heterocycles. The minimum Gasteiger partial charge on any atom is -0.490 e. The number of ether oxygens (including phenoxy) is 3. The van der Waals surface area contributed by atoms with Gasteiger partial charge in [-0.3, -0.25) is 4.79 Å². The van der Waals surface area contributed by atoms with Gasteiger partial charge in [0.2, 0.25) is 0 Å². The number of hydrogen-bond donors (Lipinski definition) is 1. The van der Waals surface area contributed by atoms with Crippen molar-refractivity contribution in [2.24, 2.45) is 5.73 Å². The summed E-state index contributed by atoms with van der Waals surface area (Å²) in [5.74, 6) is -0.329. The van der Waals surface area contributed by atoms with Crippen LogP contribution in [-0.2, 0) is 9.53 Å². The van der Waals surface area contributed by atoms with E-state index in [1.165, 1.54) is 18.2 Å². The fourth-order valence-corrected chi connectivity index (χ4v) is 1.73. The fraction of sp³-hybridized carbons (Fsp3) is 0.500. The monoisotopic (exact) mass is 303 g/mol. The molecule has 0 bridgehead atoms. The van der Waals surface area contributed by atoms with Crippen LogP contribution in [0.5, 0.6) is 11.5 Å². The first-order chi connectivity index (χ1) is 9.97. The van der Waals surface area contributed by atoms with Crippen LogP contribution >= 0.6 is 0 Å². The van der Waals surface area contributed by atoms with Crippen LogP contribution in [0.3, 0.4) is 0 Å². The molecule has 118 valence electrons. The molecule has 1 atom stereocenters. The third-order valence-electron chi connectivity index (χ3n) is 2.60. The van der Waals surface area contributed by atoms with E-state index in [0.29, 0.717) is 5.56 Å². The summed E-state index contributed by atoms with van der Waals surface area (Å²) in [6, 6.07) is 3.75. The Bertz CT molecular complexity index is 468. The van der Waals surface area contributed by atoms with Crippen LogP contribution in [0.15, 0.2) is 18.2 Å². The Kier molecular flexibility index (Phi) is 6.87. The summed E-state index contributed by atoms with van der Waals surface area (Å²) in [6.07, 6.45) is -0.00550. The summed E-state index contributed by atoms with van der Waals surface area (Å²) in [4.78, 5) is 11.4. The molecule has 0 spiro atoms. The number of hydrogen-bond acceptors (Lipinski definition) is 5. The Hall–Kier alpha value is -1.89. The van der Waals surface area contributed by atoms with Crippen LogP contribution in [0, 0.1) is 0 Å². The lowest BCUT2D eigenvalue weighted by atomic mass is 10.0. The highest BCUT2D eigenvalue weighted by atomic mass is 19.3. The van der Waals surface area contributed by atoms with Crippen molar-refractivity contribution in [2.45, 2.75) is 32.9 Å². The van der Waals surface area contributed by atoms with Gasteiger partial charge in [0.05, 0.1) is 19.6 Å². The number of esters is 1. The molecule has 1 aromatic carbocycles. The third kappa shape index (κ3) is 5.55. The third-order valence-corrected chi connectivity index (χ3v) is 2.60. The number of nitrogens with two attached hydrogens (primary N) is 1. The first-order valence-corrected chi connectivity index (χ1v) is 6.60. The van der Waals surface area contributed by atoms with Gasteiger partial charge in [-0.05, 0) is 31.5 Å². The molecule has 0 saturated carbocycles. The van der Waals surface area contributed by atoms with Crippen LogP contribution in [0.1, 0.15) is 31.9 Å². The molecular weight excluding hydrogens is 284 g/mol. The normalized spacial score (nSPS) is 12.1. The van der Waals surface area contributed by atoms with Crippen LogP contribution in [0.2, 0.25) is 0 Å². The van der Waals surface area contributed by atoms with Gasteiger partial charge in [-0.2, -0.15) is 8.78 Å². The zero-order valence-corrected chi connectivity index (χ0v) is 12.0. The molecule has 0 aliphatic carbocycles. The zero-order chi connectivity index (χ0) is 15.8. The number of carbonyl (C=O) groups is 1. The first kappa shape index (κ1) is 17.2. The number of rotatable bonds is 8. The van der Waals surface area contributed by atoms with E-state index >= 15 is 0 Å². The standard InChI is InChI=1S/C14H19F2NO4/c1-3-19-12-7-9(5-6-11(12)21-14(15)16)10(17)8-13(18)20-4-2/h5-7,10,14H,3-4,8,17H2,1-2H3/t10-/m1/s1. The Balaban J connectivity index is 2.88. The van der Waals surface area contributed by atoms with Gasteiger partial charge in [0.25, 0.3) is 0 Å². The Morgan fingerprint density at radius 2 is 1.95 bits per heavy atom. The lowest BCUT2D eigenvalue weighted by Gasteiger charge is -2.16. The van der Waals surface area contributed by atoms with E-state index in [9.17, 15) is 13.6 Å². The first-order valence-electron chi connectivity index (χ1n) is 6.60. The predicted molar refractivity (Wildman–Crippen MR) is 72.4 cm³/mol. The van der Waals surface area contributed by atoms with Crippen LogP contribution in [-0.4, -0.2) is 25.8 Å². The average molecular weight is 303 g/mol. The van der Waals surface area contributed by atoms with Gasteiger partial charge in [-0.1, -0.05) is 6.07 Å². The number of alkyl halides is 2. The molecule has 0 amide bonds. The molecule has 0 unspecified atom stereocenters. The van der Waals surface area contributed by atoms with Crippen molar-refractivity contribution in [3.8, 4) is 11.5 Å². The maximum atomic E-state index is 12.3. The summed E-state index contributed by atoms with van der Waals surface area (Å²) in [5.41, 5.74) is 6.47. The lowest BCUT2D eigenvalue weighted by molar-refractivity contribution is -0.143. The van der Waals surface area contributed by atoms with E-state index in [0.717, 1.165) is 0 Å². The Morgan fingerprint density at radius 1 is 1.24 bits per heavy atom. The Morgan fingerprint density at radius 3 is 2.52 bits per heavy atom. The minimum atomic E-state index is -2.94. The van der Waals surface area contributed by atoms with Gasteiger partial charge >= 0.3 is 12.6 Å². The molecule has 1 aromatic rings. The van der Waals surface area contributed by atoms with Gasteiger partial charge < -0.3 is 19.9 Å². The van der Waals surface area contributed by atoms with E-state index in [-0.39, 0.29) is 31.1 Å². The predicted octanol–water partition coefficient (Wildman–Crippen LogP) is 2.64. The van der Waals surface area contributed by atoms with E-state index in [4.69, 9.17) is 15.2 Å². The lowest BCUT2D eigenvalue weighted by Crippen LogP contribution is -2.17. The summed E-state index contributed by atoms with van der Waals surface area (Å²) < 4.78 is 39.0.